The van der Waals surface area contributed by atoms with Gasteiger partial charge in [0.05, 0.1) is 18.8 Å². The molecule has 2 N–H and O–H groups in total. The van der Waals surface area contributed by atoms with Crippen molar-refractivity contribution >= 4 is 0 Å². The van der Waals surface area contributed by atoms with Gasteiger partial charge in [-0.25, -0.2) is 0 Å². The summed E-state index contributed by atoms with van der Waals surface area (Å²) in [6.45, 7) is 8.97. The first-order valence-electron chi connectivity index (χ1n) is 6.78. The Balaban J connectivity index is 2.37. The number of aryl methyl sites for hydroxylation is 1. The summed E-state index contributed by atoms with van der Waals surface area (Å²) in [6.07, 6.45) is 0.0993. The molecule has 3 nitrogen and oxygen atoms in total. The lowest BCUT2D eigenvalue weighted by Gasteiger charge is -2.44. The summed E-state index contributed by atoms with van der Waals surface area (Å²) in [5.41, 5.74) is 8.56. The maximum Gasteiger partial charge on any atom is 0.0894 e. The summed E-state index contributed by atoms with van der Waals surface area (Å²) in [7, 11) is 0. The monoisotopic (exact) mass is 248 g/mol. The van der Waals surface area contributed by atoms with E-state index >= 15 is 0 Å². The van der Waals surface area contributed by atoms with Crippen LogP contribution in [-0.4, -0.2) is 36.7 Å². The highest BCUT2D eigenvalue weighted by Crippen LogP contribution is 2.32. The number of nitrogens with zero attached hydrogens (tertiary/aromatic N) is 1. The number of hydrogen-bond acceptors (Lipinski definition) is 3. The Labute approximate surface area is 110 Å². The molecule has 1 aromatic carbocycles. The molecule has 2 rings (SSSR count). The first-order valence-corrected chi connectivity index (χ1v) is 6.78. The van der Waals surface area contributed by atoms with Crippen molar-refractivity contribution in [2.75, 3.05) is 19.7 Å². The van der Waals surface area contributed by atoms with E-state index in [1.54, 1.807) is 0 Å². The quantitative estimate of drug-likeness (QED) is 0.890. The Morgan fingerprint density at radius 2 is 2.11 bits per heavy atom. The van der Waals surface area contributed by atoms with E-state index in [9.17, 15) is 0 Å². The fraction of sp³-hybridized carbons (Fsp3) is 0.600. The van der Waals surface area contributed by atoms with Gasteiger partial charge in [-0.05, 0) is 31.9 Å². The molecule has 1 aliphatic rings. The molecule has 1 heterocycles. The third-order valence-electron chi connectivity index (χ3n) is 3.79. The highest BCUT2D eigenvalue weighted by molar-refractivity contribution is 5.30. The van der Waals surface area contributed by atoms with E-state index < -0.39 is 0 Å². The van der Waals surface area contributed by atoms with Gasteiger partial charge in [-0.3, -0.25) is 4.90 Å². The van der Waals surface area contributed by atoms with Gasteiger partial charge in [0.2, 0.25) is 0 Å². The molecule has 1 aliphatic heterocycles. The van der Waals surface area contributed by atoms with Crippen LogP contribution in [0.15, 0.2) is 24.3 Å². The maximum absolute atomic E-state index is 5.89. The zero-order chi connectivity index (χ0) is 13.1. The molecule has 0 spiro atoms. The molecule has 100 valence electrons. The van der Waals surface area contributed by atoms with Crippen LogP contribution in [0.1, 0.15) is 31.0 Å². The van der Waals surface area contributed by atoms with Gasteiger partial charge in [-0.15, -0.1) is 0 Å². The molecule has 0 aliphatic carbocycles. The minimum Gasteiger partial charge on any atom is -0.374 e. The molecule has 2 atom stereocenters. The van der Waals surface area contributed by atoms with Crippen LogP contribution in [0.5, 0.6) is 0 Å². The second-order valence-electron chi connectivity index (χ2n) is 5.28. The zero-order valence-corrected chi connectivity index (χ0v) is 11.6. The standard InChI is InChI=1S/C15H24N2O/c1-11(2)17-8-9-18-14(10-16)15(17)13-7-5-4-6-12(13)3/h4-7,11,14-15H,8-10,16H2,1-3H3. The summed E-state index contributed by atoms with van der Waals surface area (Å²) in [5, 5.41) is 0. The highest BCUT2D eigenvalue weighted by Gasteiger charge is 2.34. The van der Waals surface area contributed by atoms with E-state index in [2.05, 4.69) is 49.9 Å². The van der Waals surface area contributed by atoms with E-state index in [0.717, 1.165) is 13.2 Å². The third-order valence-corrected chi connectivity index (χ3v) is 3.79. The molecule has 18 heavy (non-hydrogen) atoms. The fourth-order valence-corrected chi connectivity index (χ4v) is 2.83. The van der Waals surface area contributed by atoms with Crippen LogP contribution in [0.4, 0.5) is 0 Å². The average Bonchev–Trinajstić information content (AvgIpc) is 2.38. The van der Waals surface area contributed by atoms with E-state index in [-0.39, 0.29) is 12.1 Å². The number of ether oxygens (including phenoxy) is 1. The van der Waals surface area contributed by atoms with E-state index in [1.165, 1.54) is 11.1 Å². The molecule has 1 fully saturated rings. The molecule has 0 aromatic heterocycles. The van der Waals surface area contributed by atoms with Crippen molar-refractivity contribution < 1.29 is 4.74 Å². The second-order valence-corrected chi connectivity index (χ2v) is 5.28. The zero-order valence-electron chi connectivity index (χ0n) is 11.6. The Bertz CT molecular complexity index is 392. The number of nitrogens with two attached hydrogens (primary N) is 1. The molecular formula is C15H24N2O. The summed E-state index contributed by atoms with van der Waals surface area (Å²) in [6, 6.07) is 9.34. The molecule has 2 unspecified atom stereocenters. The predicted octanol–water partition coefficient (Wildman–Crippen LogP) is 2.10. The SMILES string of the molecule is Cc1ccccc1C1C(CN)OCCN1C(C)C. The van der Waals surface area contributed by atoms with Gasteiger partial charge >= 0.3 is 0 Å². The number of benzene rings is 1. The van der Waals surface area contributed by atoms with E-state index in [1.807, 2.05) is 0 Å². The van der Waals surface area contributed by atoms with E-state index in [4.69, 9.17) is 10.5 Å². The Morgan fingerprint density at radius 3 is 2.72 bits per heavy atom. The van der Waals surface area contributed by atoms with Crippen LogP contribution in [-0.2, 0) is 4.74 Å². The van der Waals surface area contributed by atoms with Gasteiger partial charge in [-0.2, -0.15) is 0 Å². The normalized spacial score (nSPS) is 25.6. The van der Waals surface area contributed by atoms with Crippen LogP contribution in [0, 0.1) is 6.92 Å². The molecule has 0 amide bonds. The van der Waals surface area contributed by atoms with E-state index in [0.29, 0.717) is 12.6 Å². The smallest absolute Gasteiger partial charge is 0.0894 e. The first-order chi connectivity index (χ1) is 8.65. The lowest BCUT2D eigenvalue weighted by atomic mass is 9.93. The van der Waals surface area contributed by atoms with Gasteiger partial charge < -0.3 is 10.5 Å². The van der Waals surface area contributed by atoms with Crippen molar-refractivity contribution in [3.63, 3.8) is 0 Å². The van der Waals surface area contributed by atoms with Crippen molar-refractivity contribution in [1.29, 1.82) is 0 Å². The topological polar surface area (TPSA) is 38.5 Å². The van der Waals surface area contributed by atoms with Crippen LogP contribution in [0.2, 0.25) is 0 Å². The van der Waals surface area contributed by atoms with Gasteiger partial charge in [-0.1, -0.05) is 24.3 Å². The minimum atomic E-state index is 0.0993. The lowest BCUT2D eigenvalue weighted by molar-refractivity contribution is -0.0791. The third kappa shape index (κ3) is 2.58. The highest BCUT2D eigenvalue weighted by atomic mass is 16.5. The van der Waals surface area contributed by atoms with Crippen LogP contribution < -0.4 is 5.73 Å². The number of morpholine rings is 1. The van der Waals surface area contributed by atoms with Gasteiger partial charge in [0, 0.05) is 19.1 Å². The number of hydrogen-bond donors (Lipinski definition) is 1. The molecule has 1 aromatic rings. The fourth-order valence-electron chi connectivity index (χ4n) is 2.83. The van der Waals surface area contributed by atoms with Crippen LogP contribution in [0.25, 0.3) is 0 Å². The molecule has 1 saturated heterocycles. The van der Waals surface area contributed by atoms with Crippen LogP contribution in [0.3, 0.4) is 0 Å². The second kappa shape index (κ2) is 5.83. The summed E-state index contributed by atoms with van der Waals surface area (Å²) in [5.74, 6) is 0. The van der Waals surface area contributed by atoms with Crippen molar-refractivity contribution in [3.05, 3.63) is 35.4 Å². The van der Waals surface area contributed by atoms with Gasteiger partial charge in [0.1, 0.15) is 0 Å². The Morgan fingerprint density at radius 1 is 1.39 bits per heavy atom. The molecule has 3 heteroatoms. The van der Waals surface area contributed by atoms with Gasteiger partial charge in [0.15, 0.2) is 0 Å². The van der Waals surface area contributed by atoms with Crippen molar-refractivity contribution in [2.24, 2.45) is 5.73 Å². The van der Waals surface area contributed by atoms with Crippen molar-refractivity contribution in [3.8, 4) is 0 Å². The average molecular weight is 248 g/mol. The van der Waals surface area contributed by atoms with Crippen LogP contribution >= 0.6 is 0 Å². The molecule has 0 bridgehead atoms. The predicted molar refractivity (Wildman–Crippen MR) is 74.6 cm³/mol. The van der Waals surface area contributed by atoms with Crippen molar-refractivity contribution in [2.45, 2.75) is 39.0 Å². The first kappa shape index (κ1) is 13.5. The van der Waals surface area contributed by atoms with Crippen molar-refractivity contribution in [1.82, 2.24) is 4.90 Å². The summed E-state index contributed by atoms with van der Waals surface area (Å²) >= 11 is 0. The summed E-state index contributed by atoms with van der Waals surface area (Å²) < 4.78 is 5.86. The number of rotatable bonds is 3. The lowest BCUT2D eigenvalue weighted by Crippen LogP contribution is -2.50. The van der Waals surface area contributed by atoms with Gasteiger partial charge in [0.25, 0.3) is 0 Å². The minimum absolute atomic E-state index is 0.0993. The Hall–Kier alpha value is -0.900. The largest absolute Gasteiger partial charge is 0.374 e. The molecular weight excluding hydrogens is 224 g/mol. The maximum atomic E-state index is 5.89. The molecule has 0 saturated carbocycles. The Kier molecular flexibility index (Phi) is 4.38. The molecule has 0 radical (unpaired) electrons. The summed E-state index contributed by atoms with van der Waals surface area (Å²) in [4.78, 5) is 2.50.